The minimum atomic E-state index is -0.637. The van der Waals surface area contributed by atoms with Crippen LogP contribution in [-0.4, -0.2) is 86.4 Å². The Morgan fingerprint density at radius 3 is 2.66 bits per heavy atom. The third-order valence-corrected chi connectivity index (χ3v) is 13.1. The number of hydrogen-bond acceptors (Lipinski definition) is 10. The van der Waals surface area contributed by atoms with Crippen LogP contribution in [0, 0.1) is 29.2 Å². The van der Waals surface area contributed by atoms with E-state index in [4.69, 9.17) is 14.2 Å². The summed E-state index contributed by atoms with van der Waals surface area (Å²) < 4.78 is 18.3. The van der Waals surface area contributed by atoms with Gasteiger partial charge in [0.15, 0.2) is 28.8 Å². The van der Waals surface area contributed by atoms with Crippen molar-refractivity contribution < 1.29 is 34.3 Å². The summed E-state index contributed by atoms with van der Waals surface area (Å²) in [7, 11) is 5.15. The number of rotatable bonds is 14. The second kappa shape index (κ2) is 19.6. The lowest BCUT2D eigenvalue weighted by molar-refractivity contribution is -0.125. The topological polar surface area (TPSA) is 166 Å². The molecule has 12 nitrogen and oxygen atoms in total. The van der Waals surface area contributed by atoms with Gasteiger partial charge in [-0.05, 0) is 137 Å². The number of aliphatic imine (C=N–C) groups is 1. The van der Waals surface area contributed by atoms with E-state index in [1.807, 2.05) is 37.4 Å². The Morgan fingerprint density at radius 2 is 1.90 bits per heavy atom. The van der Waals surface area contributed by atoms with E-state index in [1.165, 1.54) is 7.11 Å². The highest BCUT2D eigenvalue weighted by Crippen LogP contribution is 2.52. The first kappa shape index (κ1) is 43.3. The summed E-state index contributed by atoms with van der Waals surface area (Å²) in [4.78, 5) is 19.1. The van der Waals surface area contributed by atoms with Crippen molar-refractivity contribution in [3.05, 3.63) is 53.6 Å². The second-order valence-corrected chi connectivity index (χ2v) is 17.2. The van der Waals surface area contributed by atoms with Crippen LogP contribution in [0.5, 0.6) is 23.0 Å². The molecule has 3 saturated carbocycles. The summed E-state index contributed by atoms with van der Waals surface area (Å²) in [6.07, 6.45) is 15.4. The zero-order valence-electron chi connectivity index (χ0n) is 34.9. The molecule has 5 unspecified atom stereocenters. The van der Waals surface area contributed by atoms with Crippen LogP contribution in [0.4, 0.5) is 5.69 Å². The van der Waals surface area contributed by atoms with Gasteiger partial charge in [-0.3, -0.25) is 20.4 Å². The summed E-state index contributed by atoms with van der Waals surface area (Å²) in [6, 6.07) is 12.5. The normalized spacial score (nSPS) is 26.8. The Hall–Kier alpha value is -4.28. The number of ketones is 1. The van der Waals surface area contributed by atoms with Gasteiger partial charge in [-0.2, -0.15) is 0 Å². The van der Waals surface area contributed by atoms with Crippen LogP contribution in [0.25, 0.3) is 0 Å². The van der Waals surface area contributed by atoms with E-state index in [2.05, 4.69) is 44.3 Å². The van der Waals surface area contributed by atoms with Gasteiger partial charge in [0.2, 0.25) is 5.96 Å². The molecular formula is C46H65N5O7. The van der Waals surface area contributed by atoms with Crippen molar-refractivity contribution in [3.63, 3.8) is 0 Å². The Balaban J connectivity index is 1.31. The number of anilines is 1. The first-order valence-electron chi connectivity index (χ1n) is 21.3. The first-order chi connectivity index (χ1) is 28.0. The highest BCUT2D eigenvalue weighted by atomic mass is 16.5. The molecule has 1 aliphatic heterocycles. The van der Waals surface area contributed by atoms with E-state index >= 15 is 0 Å². The Bertz CT molecular complexity index is 1850. The van der Waals surface area contributed by atoms with Crippen LogP contribution < -0.4 is 30.7 Å². The molecule has 2 aromatic carbocycles. The summed E-state index contributed by atoms with van der Waals surface area (Å²) in [5, 5.41) is 44.7. The van der Waals surface area contributed by atoms with Gasteiger partial charge in [-0.1, -0.05) is 37.3 Å². The van der Waals surface area contributed by atoms with Crippen LogP contribution in [0.15, 0.2) is 47.5 Å². The predicted octanol–water partition coefficient (Wildman–Crippen LogP) is 6.29. The number of carbonyl (C=O) groups is 1. The minimum Gasteiger partial charge on any atom is -0.504 e. The molecule has 3 aliphatic carbocycles. The van der Waals surface area contributed by atoms with Crippen molar-refractivity contribution in [2.24, 2.45) is 22.2 Å². The van der Waals surface area contributed by atoms with E-state index in [-0.39, 0.29) is 28.6 Å². The molecule has 0 aromatic heterocycles. The molecule has 316 valence electrons. The molecule has 6 rings (SSSR count). The highest BCUT2D eigenvalue weighted by Gasteiger charge is 2.48. The molecule has 12 heteroatoms. The number of nitrogens with zero attached hydrogens (tertiary/aromatic N) is 1. The molecule has 2 bridgehead atoms. The standard InChI is InChI=1S/C46H65N5O7/c1-32(52)29-49-31-57-23-16-33-15-21-45(27-33,30-47-2)58-40-26-36-25-37(42(40)55)51-43(48-3)50-22-9-11-35-10-7-20-46(35,28-34-13-14-38(53)39(24-34)56-4)41(54)12-8-19-44(36)17-5-6-18-44/h8,12-14,24-26,32-33,35,47,49,52-53,55H,5-7,10-11,15-21,23,27-31H2,1-4H3,(H2,48,50,51). The van der Waals surface area contributed by atoms with E-state index < -0.39 is 17.1 Å². The monoisotopic (exact) mass is 799 g/mol. The number of aromatic hydroxyl groups is 2. The smallest absolute Gasteiger partial charge is 0.207 e. The number of guanidine groups is 1. The summed E-state index contributed by atoms with van der Waals surface area (Å²) in [6.45, 7) is 3.88. The Kier molecular flexibility index (Phi) is 14.7. The fraction of sp³-hybridized carbons (Fsp3) is 0.609. The van der Waals surface area contributed by atoms with Crippen LogP contribution in [-0.2, 0) is 21.4 Å². The molecule has 1 spiro atoms. The van der Waals surface area contributed by atoms with Crippen molar-refractivity contribution in [1.82, 2.24) is 16.0 Å². The molecule has 4 aliphatic rings. The highest BCUT2D eigenvalue weighted by molar-refractivity contribution is 5.97. The van der Waals surface area contributed by atoms with Gasteiger partial charge in [0.25, 0.3) is 0 Å². The SMILES string of the molecule is CN=C1NC#CCC2CCCC2(Cc2ccc(O)c(OC)c2)C(=O)C=CCC2(CCCC2)c2cc(c(O)c(OC3(CNC)CCC(CCOCNCC(C)O)C3)c2)N1. The van der Waals surface area contributed by atoms with Gasteiger partial charge in [0, 0.05) is 44.6 Å². The zero-order valence-corrected chi connectivity index (χ0v) is 34.9. The summed E-state index contributed by atoms with van der Waals surface area (Å²) >= 11 is 0. The molecule has 0 radical (unpaired) electrons. The lowest BCUT2D eigenvalue weighted by atomic mass is 9.68. The quantitative estimate of drug-likeness (QED) is 0.0498. The van der Waals surface area contributed by atoms with Crippen LogP contribution in [0.2, 0.25) is 0 Å². The number of ether oxygens (including phenoxy) is 3. The van der Waals surface area contributed by atoms with Gasteiger partial charge < -0.3 is 40.2 Å². The summed E-state index contributed by atoms with van der Waals surface area (Å²) in [5.41, 5.74) is 1.08. The van der Waals surface area contributed by atoms with Crippen molar-refractivity contribution in [2.45, 2.75) is 114 Å². The number of allylic oxidation sites excluding steroid dienone is 2. The lowest BCUT2D eigenvalue weighted by Gasteiger charge is -2.34. The zero-order chi connectivity index (χ0) is 41.2. The maximum Gasteiger partial charge on any atom is 0.207 e. The van der Waals surface area contributed by atoms with Gasteiger partial charge >= 0.3 is 0 Å². The van der Waals surface area contributed by atoms with Gasteiger partial charge in [-0.15, -0.1) is 0 Å². The third kappa shape index (κ3) is 10.1. The van der Waals surface area contributed by atoms with E-state index in [1.54, 1.807) is 20.0 Å². The number of phenolic OH excluding ortho intramolecular Hbond substituents is 2. The number of methoxy groups -OCH3 is 1. The van der Waals surface area contributed by atoms with Gasteiger partial charge in [0.1, 0.15) is 5.60 Å². The van der Waals surface area contributed by atoms with Crippen molar-refractivity contribution >= 4 is 17.4 Å². The average molecular weight is 800 g/mol. The number of fused-ring (bicyclic) bond motifs is 4. The van der Waals surface area contributed by atoms with Crippen LogP contribution >= 0.6 is 0 Å². The number of nitrogens with one attached hydrogen (secondary N) is 4. The first-order valence-corrected chi connectivity index (χ1v) is 21.3. The minimum absolute atomic E-state index is 0.0210. The fourth-order valence-electron chi connectivity index (χ4n) is 10.1. The third-order valence-electron chi connectivity index (χ3n) is 13.1. The maximum atomic E-state index is 14.6. The number of aliphatic hydroxyl groups is 1. The number of hydrogen-bond donors (Lipinski definition) is 7. The largest absolute Gasteiger partial charge is 0.504 e. The lowest BCUT2D eigenvalue weighted by Crippen LogP contribution is -2.43. The van der Waals surface area contributed by atoms with Crippen LogP contribution in [0.3, 0.4) is 0 Å². The predicted molar refractivity (Wildman–Crippen MR) is 227 cm³/mol. The molecule has 3 fully saturated rings. The summed E-state index contributed by atoms with van der Waals surface area (Å²) in [5.74, 6) is 5.19. The number of phenols is 2. The number of aliphatic hydroxyl groups excluding tert-OH is 1. The molecular weight excluding hydrogens is 735 g/mol. The number of likely N-dealkylation sites (N-methyl/N-ethyl adjacent to an activating group) is 1. The number of carbonyl (C=O) groups excluding carboxylic acids is 1. The molecule has 0 amide bonds. The average Bonchev–Trinajstić information content (AvgIpc) is 3.96. The molecule has 0 saturated heterocycles. The molecule has 58 heavy (non-hydrogen) atoms. The Labute approximate surface area is 344 Å². The van der Waals surface area contributed by atoms with Crippen molar-refractivity contribution in [2.75, 3.05) is 52.9 Å². The number of benzene rings is 2. The van der Waals surface area contributed by atoms with Gasteiger partial charge in [-0.25, -0.2) is 0 Å². The maximum absolute atomic E-state index is 14.6. The van der Waals surface area contributed by atoms with E-state index in [9.17, 15) is 20.1 Å². The van der Waals surface area contributed by atoms with Gasteiger partial charge in [0.05, 0.1) is 25.6 Å². The molecule has 5 atom stereocenters. The fourth-order valence-corrected chi connectivity index (χ4v) is 10.1. The molecule has 7 N–H and O–H groups in total. The van der Waals surface area contributed by atoms with E-state index in [0.717, 1.165) is 81.8 Å². The van der Waals surface area contributed by atoms with Crippen molar-refractivity contribution in [1.29, 1.82) is 0 Å². The Morgan fingerprint density at radius 1 is 1.07 bits per heavy atom. The molecule has 2 aromatic rings. The van der Waals surface area contributed by atoms with Crippen molar-refractivity contribution in [3.8, 4) is 35.0 Å². The van der Waals surface area contributed by atoms with Crippen LogP contribution in [0.1, 0.15) is 102 Å². The van der Waals surface area contributed by atoms with E-state index in [0.29, 0.717) is 74.8 Å². The molecule has 1 heterocycles. The second-order valence-electron chi connectivity index (χ2n) is 17.2.